The van der Waals surface area contributed by atoms with Gasteiger partial charge in [-0.3, -0.25) is 4.79 Å². The van der Waals surface area contributed by atoms with E-state index in [-0.39, 0.29) is 18.1 Å². The normalized spacial score (nSPS) is 22.9. The molecule has 2 aromatic rings. The summed E-state index contributed by atoms with van der Waals surface area (Å²) in [6, 6.07) is 4.47. The summed E-state index contributed by atoms with van der Waals surface area (Å²) < 4.78 is 50.8. The van der Waals surface area contributed by atoms with Crippen LogP contribution in [0.5, 0.6) is 0 Å². The van der Waals surface area contributed by atoms with Crippen molar-refractivity contribution in [2.45, 2.75) is 63.5 Å². The molecule has 0 radical (unpaired) electrons. The Labute approximate surface area is 220 Å². The molecule has 2 saturated heterocycles. The number of hydrogen-bond donors (Lipinski definition) is 1. The highest BCUT2D eigenvalue weighted by Crippen LogP contribution is 2.33. The third-order valence-electron chi connectivity index (χ3n) is 7.94. The molecule has 1 aromatic carbocycles. The molecule has 1 aromatic heterocycles. The third kappa shape index (κ3) is 5.64. The highest BCUT2D eigenvalue weighted by Gasteiger charge is 2.33. The average molecular weight is 534 g/mol. The van der Waals surface area contributed by atoms with E-state index in [0.29, 0.717) is 67.9 Å². The fraction of sp³-hybridized carbons (Fsp3) is 0.593. The average Bonchev–Trinajstić information content (AvgIpc) is 2.92. The van der Waals surface area contributed by atoms with Gasteiger partial charge in [0.15, 0.2) is 0 Å². The first-order valence-corrected chi connectivity index (χ1v) is 13.2. The van der Waals surface area contributed by atoms with Crippen LogP contribution in [-0.2, 0) is 28.6 Å². The molecule has 2 atom stereocenters. The Balaban J connectivity index is 1.24. The van der Waals surface area contributed by atoms with Crippen molar-refractivity contribution in [1.82, 2.24) is 20.2 Å². The molecule has 2 fully saturated rings. The lowest BCUT2D eigenvalue weighted by Gasteiger charge is -2.38. The van der Waals surface area contributed by atoms with Gasteiger partial charge < -0.3 is 24.6 Å². The number of benzene rings is 1. The molecule has 1 N–H and O–H groups in total. The second-order valence-corrected chi connectivity index (χ2v) is 10.3. The maximum absolute atomic E-state index is 13.4. The topological polar surface area (TPSA) is 79.8 Å². The van der Waals surface area contributed by atoms with E-state index < -0.39 is 11.7 Å². The van der Waals surface area contributed by atoms with Crippen LogP contribution < -0.4 is 10.2 Å². The second-order valence-electron chi connectivity index (χ2n) is 10.3. The van der Waals surface area contributed by atoms with Crippen LogP contribution in [0.25, 0.3) is 0 Å². The van der Waals surface area contributed by atoms with Gasteiger partial charge in [-0.1, -0.05) is 6.07 Å². The molecule has 3 aliphatic heterocycles. The van der Waals surface area contributed by atoms with E-state index in [1.165, 1.54) is 12.4 Å². The summed E-state index contributed by atoms with van der Waals surface area (Å²) in [6.07, 6.45) is 0.203. The molecule has 11 heteroatoms. The van der Waals surface area contributed by atoms with Gasteiger partial charge in [0.05, 0.1) is 18.3 Å². The van der Waals surface area contributed by atoms with Crippen LogP contribution >= 0.6 is 0 Å². The third-order valence-corrected chi connectivity index (χ3v) is 7.94. The number of alkyl halides is 3. The SMILES string of the molecule is CO[C@H]1COCC[C@H]1NC1CCN(C(=O)c2ncnc(N3CCc4ccc(C(F)(F)F)cc4C3)c2C)CC1. The molecule has 0 spiro atoms. The smallest absolute Gasteiger partial charge is 0.379 e. The Morgan fingerprint density at radius 3 is 2.66 bits per heavy atom. The zero-order valence-electron chi connectivity index (χ0n) is 21.8. The molecular weight excluding hydrogens is 499 g/mol. The minimum Gasteiger partial charge on any atom is -0.379 e. The van der Waals surface area contributed by atoms with E-state index in [1.807, 2.05) is 16.7 Å². The quantitative estimate of drug-likeness (QED) is 0.632. The van der Waals surface area contributed by atoms with Gasteiger partial charge in [0.25, 0.3) is 5.91 Å². The Bertz CT molecular complexity index is 1150. The molecule has 3 aliphatic rings. The number of piperidine rings is 1. The van der Waals surface area contributed by atoms with E-state index in [2.05, 4.69) is 15.3 Å². The molecule has 0 bridgehead atoms. The predicted molar refractivity (Wildman–Crippen MR) is 135 cm³/mol. The Morgan fingerprint density at radius 2 is 1.92 bits per heavy atom. The van der Waals surface area contributed by atoms with E-state index in [0.717, 1.165) is 37.5 Å². The van der Waals surface area contributed by atoms with Gasteiger partial charge in [-0.05, 0) is 55.9 Å². The van der Waals surface area contributed by atoms with Gasteiger partial charge in [0.1, 0.15) is 17.8 Å². The number of carbonyl (C=O) groups excluding carboxylic acids is 1. The molecule has 1 amide bonds. The minimum atomic E-state index is -4.39. The Morgan fingerprint density at radius 1 is 1.13 bits per heavy atom. The van der Waals surface area contributed by atoms with Crippen LogP contribution in [0.3, 0.4) is 0 Å². The van der Waals surface area contributed by atoms with Gasteiger partial charge >= 0.3 is 6.18 Å². The van der Waals surface area contributed by atoms with Crippen LogP contribution in [0.1, 0.15) is 52.0 Å². The van der Waals surface area contributed by atoms with Crippen LogP contribution in [0.15, 0.2) is 24.5 Å². The van der Waals surface area contributed by atoms with Crippen molar-refractivity contribution in [2.75, 3.05) is 44.9 Å². The Kier molecular flexibility index (Phi) is 7.88. The van der Waals surface area contributed by atoms with Crippen molar-refractivity contribution in [2.24, 2.45) is 0 Å². The number of anilines is 1. The summed E-state index contributed by atoms with van der Waals surface area (Å²) in [5.74, 6) is 0.454. The summed E-state index contributed by atoms with van der Waals surface area (Å²) in [5, 5.41) is 3.70. The zero-order chi connectivity index (χ0) is 26.9. The first-order valence-electron chi connectivity index (χ1n) is 13.2. The van der Waals surface area contributed by atoms with Crippen molar-refractivity contribution in [1.29, 1.82) is 0 Å². The maximum atomic E-state index is 13.4. The number of carbonyl (C=O) groups is 1. The highest BCUT2D eigenvalue weighted by atomic mass is 19.4. The highest BCUT2D eigenvalue weighted by molar-refractivity contribution is 5.94. The van der Waals surface area contributed by atoms with Crippen molar-refractivity contribution >= 4 is 11.7 Å². The van der Waals surface area contributed by atoms with E-state index >= 15 is 0 Å². The number of nitrogens with zero attached hydrogens (tertiary/aromatic N) is 4. The summed E-state index contributed by atoms with van der Waals surface area (Å²) >= 11 is 0. The summed E-state index contributed by atoms with van der Waals surface area (Å²) in [5.41, 5.74) is 1.89. The second kappa shape index (κ2) is 11.2. The molecule has 4 heterocycles. The standard InChI is InChI=1S/C27H34F3N5O3/c1-17-24(26(36)34-10-6-21(7-11-34)33-22-8-12-38-15-23(22)37-2)31-16-32-25(17)35-9-5-18-3-4-20(27(28,29)30)13-19(18)14-35/h3-4,13,16,21-23,33H,5-12,14-15H2,1-2H3/t22-,23+/m1/s1. The fourth-order valence-electron chi connectivity index (χ4n) is 5.73. The van der Waals surface area contributed by atoms with Crippen LogP contribution in [0.2, 0.25) is 0 Å². The van der Waals surface area contributed by atoms with Crippen LogP contribution in [-0.4, -0.2) is 78.9 Å². The number of rotatable bonds is 5. The number of likely N-dealkylation sites (tertiary alicyclic amines) is 1. The molecule has 5 rings (SSSR count). The van der Waals surface area contributed by atoms with Gasteiger partial charge in [-0.2, -0.15) is 13.2 Å². The number of amides is 1. The van der Waals surface area contributed by atoms with Crippen LogP contribution in [0.4, 0.5) is 19.0 Å². The molecule has 0 aliphatic carbocycles. The molecular formula is C27H34F3N5O3. The van der Waals surface area contributed by atoms with E-state index in [1.54, 1.807) is 13.2 Å². The lowest BCUT2D eigenvalue weighted by atomic mass is 9.96. The predicted octanol–water partition coefficient (Wildman–Crippen LogP) is 3.36. The number of nitrogens with one attached hydrogen (secondary N) is 1. The molecule has 0 unspecified atom stereocenters. The van der Waals surface area contributed by atoms with E-state index in [9.17, 15) is 18.0 Å². The fourth-order valence-corrected chi connectivity index (χ4v) is 5.73. The summed E-state index contributed by atoms with van der Waals surface area (Å²) in [6.45, 7) is 5.27. The Hall–Kier alpha value is -2.76. The number of methoxy groups -OCH3 is 1. The monoisotopic (exact) mass is 533 g/mol. The molecule has 8 nitrogen and oxygen atoms in total. The van der Waals surface area contributed by atoms with Crippen molar-refractivity contribution in [3.8, 4) is 0 Å². The van der Waals surface area contributed by atoms with Gasteiger partial charge in [0.2, 0.25) is 0 Å². The van der Waals surface area contributed by atoms with Gasteiger partial charge in [-0.15, -0.1) is 0 Å². The number of fused-ring (bicyclic) bond motifs is 1. The lowest BCUT2D eigenvalue weighted by Crippen LogP contribution is -2.54. The number of ether oxygens (including phenoxy) is 2. The largest absolute Gasteiger partial charge is 0.416 e. The van der Waals surface area contributed by atoms with Crippen molar-refractivity contribution in [3.63, 3.8) is 0 Å². The summed E-state index contributed by atoms with van der Waals surface area (Å²) in [7, 11) is 1.70. The number of halogens is 3. The first-order chi connectivity index (χ1) is 18.2. The number of aromatic nitrogens is 2. The lowest BCUT2D eigenvalue weighted by molar-refractivity contribution is -0.137. The zero-order valence-corrected chi connectivity index (χ0v) is 21.8. The minimum absolute atomic E-state index is 0.0345. The summed E-state index contributed by atoms with van der Waals surface area (Å²) in [4.78, 5) is 25.9. The van der Waals surface area contributed by atoms with Gasteiger partial charge in [-0.25, -0.2) is 9.97 Å². The van der Waals surface area contributed by atoms with Gasteiger partial charge in [0, 0.05) is 57.5 Å². The molecule has 0 saturated carbocycles. The van der Waals surface area contributed by atoms with Crippen molar-refractivity contribution in [3.05, 3.63) is 52.5 Å². The maximum Gasteiger partial charge on any atom is 0.416 e. The number of hydrogen-bond acceptors (Lipinski definition) is 7. The first kappa shape index (κ1) is 26.8. The van der Waals surface area contributed by atoms with Crippen LogP contribution in [0, 0.1) is 6.92 Å². The van der Waals surface area contributed by atoms with Crippen molar-refractivity contribution < 1.29 is 27.4 Å². The molecule has 38 heavy (non-hydrogen) atoms. The molecule has 206 valence electrons. The van der Waals surface area contributed by atoms with E-state index in [4.69, 9.17) is 9.47 Å².